The van der Waals surface area contributed by atoms with E-state index in [1.807, 2.05) is 11.9 Å². The fraction of sp³-hybridized carbons (Fsp3) is 0.545. The van der Waals surface area contributed by atoms with Crippen LogP contribution in [0, 0.1) is 0 Å². The van der Waals surface area contributed by atoms with Crippen molar-refractivity contribution in [1.82, 2.24) is 24.9 Å². The minimum absolute atomic E-state index is 0.202. The minimum Gasteiger partial charge on any atom is -0.344 e. The van der Waals surface area contributed by atoms with Crippen LogP contribution in [0.4, 0.5) is 0 Å². The summed E-state index contributed by atoms with van der Waals surface area (Å²) in [5.74, 6) is 0.202. The Kier molecular flexibility index (Phi) is 5.78. The predicted octanol–water partition coefficient (Wildman–Crippen LogP) is 1.82. The van der Waals surface area contributed by atoms with Crippen LogP contribution in [0.5, 0.6) is 0 Å². The van der Waals surface area contributed by atoms with E-state index in [2.05, 4.69) is 52.3 Å². The monoisotopic (exact) mass is 381 g/mol. The van der Waals surface area contributed by atoms with Crippen LogP contribution >= 0.6 is 0 Å². The number of carbonyl (C=O) groups is 1. The molecule has 6 heteroatoms. The number of aromatic nitrogens is 2. The van der Waals surface area contributed by atoms with Gasteiger partial charge in [0.1, 0.15) is 0 Å². The highest BCUT2D eigenvalue weighted by Gasteiger charge is 2.25. The Hall–Kier alpha value is -2.18. The van der Waals surface area contributed by atoms with Crippen molar-refractivity contribution in [3.63, 3.8) is 0 Å². The van der Waals surface area contributed by atoms with E-state index in [-0.39, 0.29) is 5.91 Å². The number of aryl methyl sites for hydroxylation is 2. The number of benzene rings is 1. The maximum absolute atomic E-state index is 12.7. The van der Waals surface area contributed by atoms with Crippen LogP contribution in [0.1, 0.15) is 35.4 Å². The quantitative estimate of drug-likeness (QED) is 0.859. The molecule has 0 fully saturated rings. The molecular formula is C22H31N5O. The first-order chi connectivity index (χ1) is 13.6. The van der Waals surface area contributed by atoms with E-state index in [9.17, 15) is 4.79 Å². The van der Waals surface area contributed by atoms with Gasteiger partial charge in [-0.1, -0.05) is 24.3 Å². The van der Waals surface area contributed by atoms with Crippen molar-refractivity contribution in [2.75, 3.05) is 27.2 Å². The molecule has 2 aliphatic heterocycles. The molecule has 1 N–H and O–H groups in total. The molecule has 1 aromatic carbocycles. The molecule has 4 rings (SSSR count). The fourth-order valence-corrected chi connectivity index (χ4v) is 4.31. The summed E-state index contributed by atoms with van der Waals surface area (Å²) in [5.41, 5.74) is 5.09. The van der Waals surface area contributed by atoms with E-state index in [1.54, 1.807) is 0 Å². The van der Waals surface area contributed by atoms with E-state index in [0.717, 1.165) is 51.3 Å². The second-order valence-electron chi connectivity index (χ2n) is 8.20. The number of amides is 1. The van der Waals surface area contributed by atoms with Gasteiger partial charge in [-0.2, -0.15) is 5.10 Å². The topological polar surface area (TPSA) is 53.4 Å². The number of nitrogens with zero attached hydrogens (tertiary/aromatic N) is 4. The van der Waals surface area contributed by atoms with Crippen molar-refractivity contribution in [2.45, 2.75) is 51.4 Å². The maximum atomic E-state index is 12.7. The Balaban J connectivity index is 1.30. The number of rotatable bonds is 5. The largest absolute Gasteiger partial charge is 0.344 e. The molecule has 1 unspecified atom stereocenters. The standard InChI is InChI=1S/C22H31N5O/c1-25-15-18-7-4-3-6-17(18)12-21(25)16-26(2)22(28)9-8-19-13-20-14-23-10-5-11-27(20)24-19/h3-4,6-7,13,21,23H,5,8-12,14-16H2,1-2H3. The third-order valence-electron chi connectivity index (χ3n) is 6.07. The van der Waals surface area contributed by atoms with Gasteiger partial charge < -0.3 is 10.2 Å². The number of carbonyl (C=O) groups excluding carboxylic acids is 1. The van der Waals surface area contributed by atoms with Crippen LogP contribution in [0.15, 0.2) is 30.3 Å². The minimum atomic E-state index is 0.202. The summed E-state index contributed by atoms with van der Waals surface area (Å²) in [6.45, 7) is 4.61. The molecule has 2 aliphatic rings. The molecule has 0 bridgehead atoms. The smallest absolute Gasteiger partial charge is 0.222 e. The SMILES string of the molecule is CN(CC1Cc2ccccc2CN1C)C(=O)CCc1cc2n(n1)CCCNC2. The fourth-order valence-electron chi connectivity index (χ4n) is 4.31. The van der Waals surface area contributed by atoms with Crippen molar-refractivity contribution in [3.8, 4) is 0 Å². The van der Waals surface area contributed by atoms with E-state index in [0.29, 0.717) is 18.9 Å². The van der Waals surface area contributed by atoms with Gasteiger partial charge >= 0.3 is 0 Å². The highest BCUT2D eigenvalue weighted by molar-refractivity contribution is 5.76. The van der Waals surface area contributed by atoms with Crippen LogP contribution < -0.4 is 5.32 Å². The molecule has 0 aliphatic carbocycles. The molecule has 3 heterocycles. The van der Waals surface area contributed by atoms with Crippen LogP contribution in [0.25, 0.3) is 0 Å². The lowest BCUT2D eigenvalue weighted by molar-refractivity contribution is -0.130. The van der Waals surface area contributed by atoms with Gasteiger partial charge in [0, 0.05) is 52.1 Å². The molecule has 0 saturated heterocycles. The molecule has 150 valence electrons. The molecule has 1 aromatic heterocycles. The number of likely N-dealkylation sites (N-methyl/N-ethyl adjacent to an activating group) is 2. The Morgan fingerprint density at radius 1 is 1.32 bits per heavy atom. The Morgan fingerprint density at radius 3 is 3.00 bits per heavy atom. The zero-order valence-electron chi connectivity index (χ0n) is 17.0. The molecule has 2 aromatic rings. The lowest BCUT2D eigenvalue weighted by Gasteiger charge is -2.36. The van der Waals surface area contributed by atoms with E-state index >= 15 is 0 Å². The lowest BCUT2D eigenvalue weighted by Crippen LogP contribution is -2.46. The van der Waals surface area contributed by atoms with Crippen LogP contribution in [-0.2, 0) is 37.3 Å². The Labute approximate surface area is 167 Å². The van der Waals surface area contributed by atoms with E-state index < -0.39 is 0 Å². The highest BCUT2D eigenvalue weighted by Crippen LogP contribution is 2.22. The van der Waals surface area contributed by atoms with Crippen LogP contribution in [-0.4, -0.2) is 58.7 Å². The summed E-state index contributed by atoms with van der Waals surface area (Å²) in [6.07, 6.45) is 3.35. The van der Waals surface area contributed by atoms with Gasteiger partial charge in [-0.25, -0.2) is 0 Å². The number of hydrogen-bond acceptors (Lipinski definition) is 4. The van der Waals surface area contributed by atoms with Crippen molar-refractivity contribution >= 4 is 5.91 Å². The average molecular weight is 382 g/mol. The molecule has 1 atom stereocenters. The molecule has 0 saturated carbocycles. The first-order valence-corrected chi connectivity index (χ1v) is 10.4. The second-order valence-corrected chi connectivity index (χ2v) is 8.20. The van der Waals surface area contributed by atoms with Crippen LogP contribution in [0.3, 0.4) is 0 Å². The van der Waals surface area contributed by atoms with Gasteiger partial charge in [-0.05, 0) is 43.6 Å². The normalized spacial score (nSPS) is 19.6. The Bertz CT molecular complexity index is 807. The number of hydrogen-bond donors (Lipinski definition) is 1. The van der Waals surface area contributed by atoms with Crippen LogP contribution in [0.2, 0.25) is 0 Å². The first-order valence-electron chi connectivity index (χ1n) is 10.4. The molecular weight excluding hydrogens is 350 g/mol. The summed E-state index contributed by atoms with van der Waals surface area (Å²) in [4.78, 5) is 17.0. The summed E-state index contributed by atoms with van der Waals surface area (Å²) < 4.78 is 2.10. The van der Waals surface area contributed by atoms with Crippen molar-refractivity contribution in [2.24, 2.45) is 0 Å². The lowest BCUT2D eigenvalue weighted by atomic mass is 9.94. The third-order valence-corrected chi connectivity index (χ3v) is 6.07. The third kappa shape index (κ3) is 4.28. The van der Waals surface area contributed by atoms with Crippen molar-refractivity contribution in [3.05, 3.63) is 52.8 Å². The van der Waals surface area contributed by atoms with Gasteiger partial charge in [-0.15, -0.1) is 0 Å². The summed E-state index contributed by atoms with van der Waals surface area (Å²) in [5, 5.41) is 8.11. The maximum Gasteiger partial charge on any atom is 0.222 e. The number of fused-ring (bicyclic) bond motifs is 2. The first kappa shape index (κ1) is 19.2. The van der Waals surface area contributed by atoms with Crippen molar-refractivity contribution in [1.29, 1.82) is 0 Å². The van der Waals surface area contributed by atoms with E-state index in [4.69, 9.17) is 5.10 Å². The summed E-state index contributed by atoms with van der Waals surface area (Å²) in [7, 11) is 4.09. The predicted molar refractivity (Wildman–Crippen MR) is 110 cm³/mol. The van der Waals surface area contributed by atoms with Gasteiger partial charge in [-0.3, -0.25) is 14.4 Å². The van der Waals surface area contributed by atoms with Gasteiger partial charge in [0.05, 0.1) is 11.4 Å². The molecule has 0 radical (unpaired) electrons. The van der Waals surface area contributed by atoms with Crippen molar-refractivity contribution < 1.29 is 4.79 Å². The zero-order valence-corrected chi connectivity index (χ0v) is 17.0. The molecule has 28 heavy (non-hydrogen) atoms. The number of nitrogens with one attached hydrogen (secondary N) is 1. The highest BCUT2D eigenvalue weighted by atomic mass is 16.2. The summed E-state index contributed by atoms with van der Waals surface area (Å²) >= 11 is 0. The van der Waals surface area contributed by atoms with Gasteiger partial charge in [0.25, 0.3) is 0 Å². The van der Waals surface area contributed by atoms with Gasteiger partial charge in [0.2, 0.25) is 5.91 Å². The molecule has 0 spiro atoms. The molecule has 6 nitrogen and oxygen atoms in total. The van der Waals surface area contributed by atoms with Gasteiger partial charge in [0.15, 0.2) is 0 Å². The zero-order chi connectivity index (χ0) is 19.5. The van der Waals surface area contributed by atoms with E-state index in [1.165, 1.54) is 16.8 Å². The summed E-state index contributed by atoms with van der Waals surface area (Å²) in [6, 6.07) is 11.2. The second kappa shape index (κ2) is 8.45. The molecule has 1 amide bonds. The average Bonchev–Trinajstić information content (AvgIpc) is 2.95. The Morgan fingerprint density at radius 2 is 2.14 bits per heavy atom.